The average Bonchev–Trinajstić information content (AvgIpc) is 1.65. The molecule has 54 valence electrons. The zero-order chi connectivity index (χ0) is 7.86. The second-order valence-corrected chi connectivity index (χ2v) is 1.08. The van der Waals surface area contributed by atoms with Gasteiger partial charge in [-0.1, -0.05) is 0 Å². The largest absolute Gasteiger partial charge is 0.503 e. The monoisotopic (exact) mass is 156 g/mol. The van der Waals surface area contributed by atoms with Crippen LogP contribution in [0.3, 0.4) is 0 Å². The van der Waals surface area contributed by atoms with Gasteiger partial charge >= 0.3 is 12.1 Å². The van der Waals surface area contributed by atoms with Crippen LogP contribution in [0.2, 0.25) is 0 Å². The molecule has 0 spiro atoms. The molecule has 0 saturated carbocycles. The van der Waals surface area contributed by atoms with Crippen LogP contribution in [0.4, 0.5) is 4.79 Å². The molecule has 0 fully saturated rings. The highest BCUT2D eigenvalue weighted by Crippen LogP contribution is 1.67. The lowest BCUT2D eigenvalue weighted by molar-refractivity contribution is -0.134. The van der Waals surface area contributed by atoms with E-state index in [9.17, 15) is 4.79 Å². The fraction of sp³-hybridized carbons (Fsp3) is 0.333. The fourth-order valence-electron chi connectivity index (χ4n) is 0. The smallest absolute Gasteiger partial charge is 0.480 e. The maximum absolute atomic E-state index is 9.24. The Kier molecular flexibility index (Phi) is 8.53. The van der Waals surface area contributed by atoms with Crippen LogP contribution in [0.5, 0.6) is 0 Å². The molecule has 0 heterocycles. The molecule has 0 bridgehead atoms. The molecule has 0 aromatic heterocycles. The Bertz CT molecular complexity index is 96.4. The Balaban J connectivity index is 0. The summed E-state index contributed by atoms with van der Waals surface area (Å²) in [5, 5.41) is 21.5. The second-order valence-electron chi connectivity index (χ2n) is 0.810. The highest BCUT2D eigenvalue weighted by atomic mass is 35.5. The van der Waals surface area contributed by atoms with Crippen molar-refractivity contribution in [3.05, 3.63) is 0 Å². The first-order valence-electron chi connectivity index (χ1n) is 1.70. The first-order valence-corrected chi connectivity index (χ1v) is 2.23. The number of hydrogen-bond donors (Lipinski definition) is 3. The first-order chi connectivity index (χ1) is 4.00. The predicted octanol–water partition coefficient (Wildman–Crippen LogP) is 0.532. The zero-order valence-electron chi connectivity index (χ0n) is 4.24. The lowest BCUT2D eigenvalue weighted by Crippen LogP contribution is -1.92. The van der Waals surface area contributed by atoms with Crippen molar-refractivity contribution in [3.63, 3.8) is 0 Å². The van der Waals surface area contributed by atoms with Crippen molar-refractivity contribution in [3.8, 4) is 0 Å². The van der Waals surface area contributed by atoms with Crippen LogP contribution in [0, 0.1) is 0 Å². The van der Waals surface area contributed by atoms with E-state index in [1.54, 1.807) is 0 Å². The van der Waals surface area contributed by atoms with E-state index in [4.69, 9.17) is 31.7 Å². The van der Waals surface area contributed by atoms with Gasteiger partial charge in [-0.15, -0.1) is 11.6 Å². The summed E-state index contributed by atoms with van der Waals surface area (Å²) >= 11 is 4.74. The number of aliphatic carboxylic acids is 1. The van der Waals surface area contributed by atoms with Crippen LogP contribution in [-0.2, 0) is 4.79 Å². The molecule has 6 heteroatoms. The number of rotatable bonds is 1. The Morgan fingerprint density at radius 3 is 1.33 bits per heavy atom. The first kappa shape index (κ1) is 10.9. The Morgan fingerprint density at radius 2 is 1.33 bits per heavy atom. The molecule has 0 aliphatic heterocycles. The van der Waals surface area contributed by atoms with E-state index in [1.165, 1.54) is 0 Å². The van der Waals surface area contributed by atoms with Gasteiger partial charge < -0.3 is 15.3 Å². The van der Waals surface area contributed by atoms with Crippen LogP contribution in [0.25, 0.3) is 0 Å². The van der Waals surface area contributed by atoms with Gasteiger partial charge in [0.2, 0.25) is 0 Å². The summed E-state index contributed by atoms with van der Waals surface area (Å²) in [4.78, 5) is 17.8. The second kappa shape index (κ2) is 7.03. The van der Waals surface area contributed by atoms with Crippen LogP contribution in [0.15, 0.2) is 0 Å². The third-order valence-corrected chi connectivity index (χ3v) is 0.343. The molecule has 0 amide bonds. The van der Waals surface area contributed by atoms with Crippen molar-refractivity contribution >= 4 is 23.7 Å². The topological polar surface area (TPSA) is 94.8 Å². The van der Waals surface area contributed by atoms with Gasteiger partial charge in [-0.3, -0.25) is 4.79 Å². The molecule has 0 radical (unpaired) electrons. The van der Waals surface area contributed by atoms with Crippen molar-refractivity contribution < 1.29 is 24.9 Å². The van der Waals surface area contributed by atoms with E-state index in [0.717, 1.165) is 0 Å². The lowest BCUT2D eigenvalue weighted by atomic mass is 10.8. The number of carboxylic acid groups (broad SMARTS) is 3. The zero-order valence-corrected chi connectivity index (χ0v) is 5.00. The molecule has 0 atom stereocenters. The molecule has 0 aliphatic rings. The average molecular weight is 157 g/mol. The third kappa shape index (κ3) is 168. The molecule has 0 aromatic rings. The Hall–Kier alpha value is -0.970. The third-order valence-electron chi connectivity index (χ3n) is 0.114. The van der Waals surface area contributed by atoms with Gasteiger partial charge in [-0.25, -0.2) is 4.79 Å². The molecule has 3 N–H and O–H groups in total. The quantitative estimate of drug-likeness (QED) is 0.482. The van der Waals surface area contributed by atoms with E-state index >= 15 is 0 Å². The maximum atomic E-state index is 9.24. The van der Waals surface area contributed by atoms with Crippen molar-refractivity contribution in [2.24, 2.45) is 0 Å². The van der Waals surface area contributed by atoms with Crippen LogP contribution >= 0.6 is 11.6 Å². The standard InChI is InChI=1S/C2H3ClO2.CH2O3/c3-1-2(4)5;2-1(3)4/h1H2,(H,4,5);(H2,2,3,4). The number of carboxylic acids is 1. The molecule has 0 aliphatic carbocycles. The summed E-state index contributed by atoms with van der Waals surface area (Å²) < 4.78 is 0. The fourth-order valence-corrected chi connectivity index (χ4v) is 0. The highest BCUT2D eigenvalue weighted by molar-refractivity contribution is 6.26. The minimum absolute atomic E-state index is 0.306. The van der Waals surface area contributed by atoms with Crippen molar-refractivity contribution in [1.82, 2.24) is 0 Å². The Labute approximate surface area is 55.5 Å². The summed E-state index contributed by atoms with van der Waals surface area (Å²) in [5.74, 6) is -1.29. The van der Waals surface area contributed by atoms with Crippen molar-refractivity contribution in [2.45, 2.75) is 0 Å². The predicted molar refractivity (Wildman–Crippen MR) is 29.0 cm³/mol. The SMILES string of the molecule is O=C(O)CCl.O=C(O)O. The summed E-state index contributed by atoms with van der Waals surface area (Å²) in [6.45, 7) is 0. The Morgan fingerprint density at radius 1 is 1.22 bits per heavy atom. The normalized spacial score (nSPS) is 6.78. The summed E-state index contributed by atoms with van der Waals surface area (Å²) in [6, 6.07) is 0. The molecular formula is C3H5ClO5. The lowest BCUT2D eigenvalue weighted by Gasteiger charge is -1.69. The number of alkyl halides is 1. The van der Waals surface area contributed by atoms with E-state index in [0.29, 0.717) is 0 Å². The molecule has 0 aromatic carbocycles. The molecule has 0 rings (SSSR count). The maximum Gasteiger partial charge on any atom is 0.503 e. The van der Waals surface area contributed by atoms with E-state index in [1.807, 2.05) is 0 Å². The molecule has 9 heavy (non-hydrogen) atoms. The van der Waals surface area contributed by atoms with Crippen LogP contribution in [-0.4, -0.2) is 33.3 Å². The molecular weight excluding hydrogens is 151 g/mol. The van der Waals surface area contributed by atoms with Gasteiger partial charge in [0.15, 0.2) is 0 Å². The summed E-state index contributed by atoms with van der Waals surface area (Å²) in [5.41, 5.74) is 0. The number of hydrogen-bond acceptors (Lipinski definition) is 2. The molecule has 0 saturated heterocycles. The highest BCUT2D eigenvalue weighted by Gasteiger charge is 1.83. The van der Waals surface area contributed by atoms with Gasteiger partial charge in [0, 0.05) is 0 Å². The minimum atomic E-state index is -1.83. The molecule has 5 nitrogen and oxygen atoms in total. The van der Waals surface area contributed by atoms with Gasteiger partial charge in [-0.05, 0) is 0 Å². The van der Waals surface area contributed by atoms with Gasteiger partial charge in [0.25, 0.3) is 0 Å². The van der Waals surface area contributed by atoms with Crippen molar-refractivity contribution in [1.29, 1.82) is 0 Å². The number of carbonyl (C=O) groups is 2. The van der Waals surface area contributed by atoms with E-state index in [2.05, 4.69) is 0 Å². The van der Waals surface area contributed by atoms with E-state index in [-0.39, 0.29) is 5.88 Å². The summed E-state index contributed by atoms with van der Waals surface area (Å²) in [7, 11) is 0. The van der Waals surface area contributed by atoms with Crippen molar-refractivity contribution in [2.75, 3.05) is 5.88 Å². The molecule has 0 unspecified atom stereocenters. The summed E-state index contributed by atoms with van der Waals surface area (Å²) in [6.07, 6.45) is -1.83. The van der Waals surface area contributed by atoms with Crippen LogP contribution < -0.4 is 0 Å². The number of halogens is 1. The van der Waals surface area contributed by atoms with E-state index < -0.39 is 12.1 Å². The minimum Gasteiger partial charge on any atom is -0.480 e. The van der Waals surface area contributed by atoms with Gasteiger partial charge in [-0.2, -0.15) is 0 Å². The van der Waals surface area contributed by atoms with Gasteiger partial charge in [0.1, 0.15) is 5.88 Å². The van der Waals surface area contributed by atoms with Crippen LogP contribution in [0.1, 0.15) is 0 Å². The van der Waals surface area contributed by atoms with Gasteiger partial charge in [0.05, 0.1) is 0 Å².